The van der Waals surface area contributed by atoms with E-state index in [1.165, 1.54) is 28.8 Å². The Kier molecular flexibility index (Phi) is 6.00. The number of carbonyl (C=O) groups excluding carboxylic acids is 2. The van der Waals surface area contributed by atoms with Gasteiger partial charge >= 0.3 is 6.61 Å². The molecule has 1 aliphatic rings. The maximum absolute atomic E-state index is 12.0. The first-order chi connectivity index (χ1) is 10.5. The first kappa shape index (κ1) is 16.5. The van der Waals surface area contributed by atoms with Crippen molar-refractivity contribution in [3.63, 3.8) is 0 Å². The molecule has 0 unspecified atom stereocenters. The Morgan fingerprint density at radius 1 is 1.36 bits per heavy atom. The van der Waals surface area contributed by atoms with Gasteiger partial charge in [-0.2, -0.15) is 8.78 Å². The van der Waals surface area contributed by atoms with Crippen molar-refractivity contribution in [2.24, 2.45) is 0 Å². The first-order valence-electron chi connectivity index (χ1n) is 6.70. The molecule has 1 heterocycles. The van der Waals surface area contributed by atoms with Crippen LogP contribution in [0.25, 0.3) is 0 Å². The molecule has 1 saturated heterocycles. The molecule has 0 aromatic heterocycles. The van der Waals surface area contributed by atoms with Crippen LogP contribution in [0.5, 0.6) is 5.75 Å². The van der Waals surface area contributed by atoms with Gasteiger partial charge < -0.3 is 15.0 Å². The predicted octanol–water partition coefficient (Wildman–Crippen LogP) is 1.48. The van der Waals surface area contributed by atoms with E-state index in [1.807, 2.05) is 0 Å². The summed E-state index contributed by atoms with van der Waals surface area (Å²) in [7, 11) is 0. The summed E-state index contributed by atoms with van der Waals surface area (Å²) in [5, 5.41) is 2.73. The zero-order valence-corrected chi connectivity index (χ0v) is 12.6. The molecule has 0 aliphatic carbocycles. The average Bonchev–Trinajstić information content (AvgIpc) is 2.85. The Labute approximate surface area is 131 Å². The summed E-state index contributed by atoms with van der Waals surface area (Å²) < 4.78 is 28.3. The van der Waals surface area contributed by atoms with E-state index in [0.717, 1.165) is 5.56 Å². The minimum Gasteiger partial charge on any atom is -0.435 e. The molecule has 1 aromatic carbocycles. The molecule has 2 amide bonds. The van der Waals surface area contributed by atoms with Crippen molar-refractivity contribution >= 4 is 23.6 Å². The third kappa shape index (κ3) is 5.18. The second-order valence-electron chi connectivity index (χ2n) is 4.69. The Morgan fingerprint density at radius 2 is 2.09 bits per heavy atom. The lowest BCUT2D eigenvalue weighted by Crippen LogP contribution is -2.38. The number of thioether (sulfide) groups is 1. The van der Waals surface area contributed by atoms with Crippen LogP contribution in [0, 0.1) is 0 Å². The SMILES string of the molecule is O=C(CN1CSCC1=O)NCCc1ccc(OC(F)F)cc1. The van der Waals surface area contributed by atoms with Crippen LogP contribution in [-0.4, -0.2) is 48.0 Å². The summed E-state index contributed by atoms with van der Waals surface area (Å²) in [6, 6.07) is 6.27. The molecule has 0 spiro atoms. The Balaban J connectivity index is 1.69. The van der Waals surface area contributed by atoms with Crippen molar-refractivity contribution in [1.82, 2.24) is 10.2 Å². The lowest BCUT2D eigenvalue weighted by atomic mass is 10.1. The van der Waals surface area contributed by atoms with E-state index in [4.69, 9.17) is 0 Å². The fourth-order valence-electron chi connectivity index (χ4n) is 1.95. The molecule has 0 bridgehead atoms. The van der Waals surface area contributed by atoms with Crippen LogP contribution >= 0.6 is 11.8 Å². The normalized spacial score (nSPS) is 14.5. The topological polar surface area (TPSA) is 58.6 Å². The zero-order valence-electron chi connectivity index (χ0n) is 11.8. The highest BCUT2D eigenvalue weighted by atomic mass is 32.2. The molecule has 0 radical (unpaired) electrons. The molecule has 1 N–H and O–H groups in total. The number of alkyl halides is 2. The molecular weight excluding hydrogens is 314 g/mol. The van der Waals surface area contributed by atoms with Crippen molar-refractivity contribution in [1.29, 1.82) is 0 Å². The number of rotatable bonds is 7. The van der Waals surface area contributed by atoms with Gasteiger partial charge in [0.1, 0.15) is 12.3 Å². The van der Waals surface area contributed by atoms with Gasteiger partial charge in [0, 0.05) is 6.54 Å². The lowest BCUT2D eigenvalue weighted by molar-refractivity contribution is -0.132. The van der Waals surface area contributed by atoms with Crippen molar-refractivity contribution in [3.05, 3.63) is 29.8 Å². The fourth-order valence-corrected chi connectivity index (χ4v) is 2.86. The van der Waals surface area contributed by atoms with Crippen LogP contribution < -0.4 is 10.1 Å². The van der Waals surface area contributed by atoms with E-state index < -0.39 is 6.61 Å². The molecule has 1 aromatic rings. The maximum atomic E-state index is 12.0. The molecule has 0 saturated carbocycles. The van der Waals surface area contributed by atoms with Crippen molar-refractivity contribution in [2.45, 2.75) is 13.0 Å². The fraction of sp³-hybridized carbons (Fsp3) is 0.429. The van der Waals surface area contributed by atoms with Crippen molar-refractivity contribution in [2.75, 3.05) is 24.7 Å². The van der Waals surface area contributed by atoms with Crippen LogP contribution in [0.4, 0.5) is 8.78 Å². The second-order valence-corrected chi connectivity index (χ2v) is 5.65. The monoisotopic (exact) mass is 330 g/mol. The number of carbonyl (C=O) groups is 2. The lowest BCUT2D eigenvalue weighted by Gasteiger charge is -2.14. The summed E-state index contributed by atoms with van der Waals surface area (Å²) in [5.74, 6) is 0.870. The molecule has 2 rings (SSSR count). The van der Waals surface area contributed by atoms with Gasteiger partial charge in [0.15, 0.2) is 0 Å². The van der Waals surface area contributed by atoms with Crippen molar-refractivity contribution < 1.29 is 23.1 Å². The quantitative estimate of drug-likeness (QED) is 0.823. The standard InChI is InChI=1S/C14H16F2N2O3S/c15-14(16)21-11-3-1-10(2-4-11)5-6-17-12(19)7-18-9-22-8-13(18)20/h1-4,14H,5-9H2,(H,17,19). The smallest absolute Gasteiger partial charge is 0.387 e. The number of benzene rings is 1. The van der Waals surface area contributed by atoms with Crippen LogP contribution in [0.1, 0.15) is 5.56 Å². The van der Waals surface area contributed by atoms with Gasteiger partial charge in [-0.3, -0.25) is 9.59 Å². The molecule has 1 fully saturated rings. The Hall–Kier alpha value is -1.83. The number of amides is 2. The van der Waals surface area contributed by atoms with E-state index in [9.17, 15) is 18.4 Å². The number of hydrogen-bond acceptors (Lipinski definition) is 4. The van der Waals surface area contributed by atoms with E-state index in [2.05, 4.69) is 10.1 Å². The van der Waals surface area contributed by atoms with Gasteiger partial charge in [0.05, 0.1) is 11.6 Å². The maximum Gasteiger partial charge on any atom is 0.387 e. The highest BCUT2D eigenvalue weighted by Crippen LogP contribution is 2.15. The van der Waals surface area contributed by atoms with E-state index in [1.54, 1.807) is 12.1 Å². The molecule has 8 heteroatoms. The molecule has 5 nitrogen and oxygen atoms in total. The molecule has 22 heavy (non-hydrogen) atoms. The summed E-state index contributed by atoms with van der Waals surface area (Å²) in [4.78, 5) is 24.6. The van der Waals surface area contributed by atoms with Gasteiger partial charge in [-0.1, -0.05) is 12.1 Å². The minimum absolute atomic E-state index is 0.0187. The van der Waals surface area contributed by atoms with Crippen LogP contribution in [0.15, 0.2) is 24.3 Å². The number of nitrogens with zero attached hydrogens (tertiary/aromatic N) is 1. The second kappa shape index (κ2) is 7.98. The van der Waals surface area contributed by atoms with E-state index >= 15 is 0 Å². The predicted molar refractivity (Wildman–Crippen MR) is 78.8 cm³/mol. The molecule has 120 valence electrons. The van der Waals surface area contributed by atoms with E-state index in [0.29, 0.717) is 24.6 Å². The van der Waals surface area contributed by atoms with Gasteiger partial charge in [-0.15, -0.1) is 11.8 Å². The third-order valence-electron chi connectivity index (χ3n) is 3.04. The van der Waals surface area contributed by atoms with Gasteiger partial charge in [0.2, 0.25) is 11.8 Å². The third-order valence-corrected chi connectivity index (χ3v) is 3.99. The summed E-state index contributed by atoms with van der Waals surface area (Å²) in [5.41, 5.74) is 0.898. The summed E-state index contributed by atoms with van der Waals surface area (Å²) in [6.07, 6.45) is 0.573. The minimum atomic E-state index is -2.84. The van der Waals surface area contributed by atoms with Gasteiger partial charge in [-0.25, -0.2) is 0 Å². The number of nitrogens with one attached hydrogen (secondary N) is 1. The van der Waals surface area contributed by atoms with Crippen LogP contribution in [-0.2, 0) is 16.0 Å². The zero-order chi connectivity index (χ0) is 15.9. The number of hydrogen-bond donors (Lipinski definition) is 1. The van der Waals surface area contributed by atoms with Gasteiger partial charge in [-0.05, 0) is 24.1 Å². The van der Waals surface area contributed by atoms with Crippen molar-refractivity contribution in [3.8, 4) is 5.75 Å². The molecule has 1 aliphatic heterocycles. The largest absolute Gasteiger partial charge is 0.435 e. The molecule has 0 atom stereocenters. The molecular formula is C14H16F2N2O3S. The van der Waals surface area contributed by atoms with E-state index in [-0.39, 0.29) is 24.1 Å². The Morgan fingerprint density at radius 3 is 2.68 bits per heavy atom. The average molecular weight is 330 g/mol. The Bertz CT molecular complexity index is 525. The number of halogens is 2. The van der Waals surface area contributed by atoms with Crippen LogP contribution in [0.3, 0.4) is 0 Å². The van der Waals surface area contributed by atoms with Crippen LogP contribution in [0.2, 0.25) is 0 Å². The number of ether oxygens (including phenoxy) is 1. The summed E-state index contributed by atoms with van der Waals surface area (Å²) >= 11 is 1.49. The highest BCUT2D eigenvalue weighted by Gasteiger charge is 2.22. The first-order valence-corrected chi connectivity index (χ1v) is 7.86. The summed E-state index contributed by atoms with van der Waals surface area (Å²) in [6.45, 7) is -2.34. The van der Waals surface area contributed by atoms with Gasteiger partial charge in [0.25, 0.3) is 0 Å². The highest BCUT2D eigenvalue weighted by molar-refractivity contribution is 8.00.